The number of aromatic amines is 1. The minimum atomic E-state index is 0.530. The van der Waals surface area contributed by atoms with E-state index in [2.05, 4.69) is 141 Å². The molecule has 4 rings (SSSR count). The van der Waals surface area contributed by atoms with E-state index in [9.17, 15) is 0 Å². The Morgan fingerprint density at radius 1 is 0.806 bits per heavy atom. The molecule has 2 aromatic heterocycles. The summed E-state index contributed by atoms with van der Waals surface area (Å²) in [5.41, 5.74) is 2.31. The van der Waals surface area contributed by atoms with Gasteiger partial charge in [0.15, 0.2) is 6.20 Å². The molecule has 0 amide bonds. The van der Waals surface area contributed by atoms with Gasteiger partial charge in [0.25, 0.3) is 0 Å². The summed E-state index contributed by atoms with van der Waals surface area (Å²) in [5.74, 6) is 1.95. The van der Waals surface area contributed by atoms with E-state index in [1.54, 1.807) is 0 Å². The van der Waals surface area contributed by atoms with E-state index in [1.807, 2.05) is 48.1 Å². The van der Waals surface area contributed by atoms with Crippen LogP contribution in [0.4, 0.5) is 0 Å². The molecule has 4 aromatic rings. The molecule has 2 aromatic carbocycles. The molecule has 31 heavy (non-hydrogen) atoms. The van der Waals surface area contributed by atoms with Gasteiger partial charge in [-0.05, 0) is 75.5 Å². The molecule has 0 aliphatic carbocycles. The molecule has 0 aliphatic heterocycles. The molecular weight excluding hydrogens is 991 g/mol. The van der Waals surface area contributed by atoms with Gasteiger partial charge in [-0.2, -0.15) is 0 Å². The van der Waals surface area contributed by atoms with Crippen LogP contribution in [0.3, 0.4) is 0 Å². The third kappa shape index (κ3) is 8.21. The zero-order chi connectivity index (χ0) is 22.1. The molecular formula is C22H17I5N2S2. The van der Waals surface area contributed by atoms with Gasteiger partial charge in [0, 0.05) is 46.6 Å². The molecule has 0 fully saturated rings. The van der Waals surface area contributed by atoms with E-state index >= 15 is 0 Å². The Labute approximate surface area is 248 Å². The molecule has 1 N–H and O–H groups in total. The zero-order valence-corrected chi connectivity index (χ0v) is 28.4. The molecule has 0 saturated heterocycles. The van der Waals surface area contributed by atoms with Crippen LogP contribution in [0.5, 0.6) is 0 Å². The Morgan fingerprint density at radius 2 is 1.39 bits per heavy atom. The van der Waals surface area contributed by atoms with E-state index in [0.29, 0.717) is 13.3 Å². The standard InChI is InChI=1S/C22H16I2N2S2.I3/c23-17(13-27-19-9-1-5-15-7-3-11-25-21(15)19)18(24)14-28-20-10-2-6-16-8-4-12-26-22(16)20;1-3-2/h1-12H,13-14H2;/q;-1/p+1/b18-17+;. The van der Waals surface area contributed by atoms with Gasteiger partial charge in [0.2, 0.25) is 5.52 Å². The molecule has 2 heterocycles. The number of thioether (sulfide) groups is 2. The number of hydrogen-bond acceptors (Lipinski definition) is 3. The van der Waals surface area contributed by atoms with Crippen molar-refractivity contribution in [2.45, 2.75) is 9.79 Å². The van der Waals surface area contributed by atoms with Crippen molar-refractivity contribution in [1.82, 2.24) is 4.98 Å². The van der Waals surface area contributed by atoms with Crippen LogP contribution in [0.15, 0.2) is 90.0 Å². The Hall–Kier alpha value is 1.35. The molecule has 0 bridgehead atoms. The number of nitrogens with zero attached hydrogens (tertiary/aromatic N) is 1. The van der Waals surface area contributed by atoms with Gasteiger partial charge in [-0.15, -0.1) is 23.5 Å². The number of hydrogen-bond donors (Lipinski definition) is 0. The van der Waals surface area contributed by atoms with Crippen LogP contribution in [0.2, 0.25) is 0 Å². The van der Waals surface area contributed by atoms with Crippen molar-refractivity contribution in [3.05, 3.63) is 80.2 Å². The summed E-state index contributed by atoms with van der Waals surface area (Å²) in [4.78, 5) is 10.5. The minimum absolute atomic E-state index is 0.530. The van der Waals surface area contributed by atoms with Gasteiger partial charge in [-0.3, -0.25) is 4.98 Å². The second-order valence-electron chi connectivity index (χ2n) is 6.16. The molecule has 2 nitrogen and oxygen atoms in total. The van der Waals surface area contributed by atoms with Crippen LogP contribution < -0.4 is 18.2 Å². The van der Waals surface area contributed by atoms with Crippen LogP contribution in [-0.4, -0.2) is 16.5 Å². The van der Waals surface area contributed by atoms with Gasteiger partial charge in [-0.1, -0.05) is 24.3 Å². The Bertz CT molecular complexity index is 1080. The molecule has 0 unspecified atom stereocenters. The van der Waals surface area contributed by atoms with Crippen LogP contribution in [0.25, 0.3) is 21.8 Å². The first-order valence-electron chi connectivity index (χ1n) is 9.03. The second-order valence-corrected chi connectivity index (χ2v) is 27.0. The first-order valence-corrected chi connectivity index (χ1v) is 25.7. The number of benzene rings is 2. The molecule has 0 atom stereocenters. The van der Waals surface area contributed by atoms with Gasteiger partial charge in [-0.25, -0.2) is 4.98 Å². The van der Waals surface area contributed by atoms with Gasteiger partial charge in [0.05, 0.1) is 10.4 Å². The number of rotatable bonds is 6. The first-order chi connectivity index (χ1) is 15.1. The van der Waals surface area contributed by atoms with Crippen molar-refractivity contribution in [2.24, 2.45) is 0 Å². The summed E-state index contributed by atoms with van der Waals surface area (Å²) in [7, 11) is 0. The fraction of sp³-hybridized carbons (Fsp3) is 0.0909. The molecule has 0 saturated carbocycles. The topological polar surface area (TPSA) is 27.0 Å². The maximum absolute atomic E-state index is 4.56. The van der Waals surface area contributed by atoms with E-state index in [1.165, 1.54) is 33.2 Å². The number of pyridine rings is 2. The number of para-hydroxylation sites is 2. The third-order valence-corrected chi connectivity index (χ3v) is 10.5. The average Bonchev–Trinajstić information content (AvgIpc) is 2.81. The Morgan fingerprint density at radius 3 is 2.13 bits per heavy atom. The Balaban J connectivity index is 0.000000858. The van der Waals surface area contributed by atoms with Crippen LogP contribution in [0, 0.1) is 0 Å². The quantitative estimate of drug-likeness (QED) is 0.177. The number of fused-ring (bicyclic) bond motifs is 2. The van der Waals surface area contributed by atoms with E-state index in [4.69, 9.17) is 0 Å². The summed E-state index contributed by atoms with van der Waals surface area (Å²) >= 11 is 14.0. The maximum atomic E-state index is 4.56. The Kier molecular flexibility index (Phi) is 12.8. The van der Waals surface area contributed by atoms with Crippen LogP contribution >= 0.6 is 106 Å². The molecule has 162 valence electrons. The summed E-state index contributed by atoms with van der Waals surface area (Å²) < 4.78 is 2.80. The van der Waals surface area contributed by atoms with Crippen LogP contribution in [-0.2, 0) is 0 Å². The van der Waals surface area contributed by atoms with E-state index in [-0.39, 0.29) is 0 Å². The van der Waals surface area contributed by atoms with Crippen molar-refractivity contribution < 1.29 is 18.2 Å². The third-order valence-electron chi connectivity index (χ3n) is 4.26. The first kappa shape index (κ1) is 26.9. The summed E-state index contributed by atoms with van der Waals surface area (Å²) in [6.45, 7) is 0. The average molecular weight is 1010 g/mol. The SMILES string of the molecule is I/C(CSc1cccc2cccnc12)=C(/I)CSc1cccc2ccc[nH+]c12.I[I-]I. The van der Waals surface area contributed by atoms with Gasteiger partial charge < -0.3 is 0 Å². The molecule has 9 heteroatoms. The van der Waals surface area contributed by atoms with Crippen molar-refractivity contribution >= 4 is 128 Å². The van der Waals surface area contributed by atoms with Crippen molar-refractivity contribution in [2.75, 3.05) is 11.5 Å². The zero-order valence-electron chi connectivity index (χ0n) is 16.0. The normalized spacial score (nSPS) is 11.9. The number of H-pyrrole nitrogens is 1. The summed E-state index contributed by atoms with van der Waals surface area (Å²) in [5, 5.41) is 2.45. The molecule has 0 aliphatic rings. The summed E-state index contributed by atoms with van der Waals surface area (Å²) in [6.07, 6.45) is 3.86. The van der Waals surface area contributed by atoms with E-state index in [0.717, 1.165) is 17.0 Å². The fourth-order valence-electron chi connectivity index (χ4n) is 2.88. The predicted octanol–water partition coefficient (Wildman–Crippen LogP) is 5.94. The second kappa shape index (κ2) is 14.7. The van der Waals surface area contributed by atoms with E-state index < -0.39 is 0 Å². The van der Waals surface area contributed by atoms with Gasteiger partial charge in [0.1, 0.15) is 0 Å². The van der Waals surface area contributed by atoms with Crippen molar-refractivity contribution in [3.63, 3.8) is 0 Å². The molecule has 0 radical (unpaired) electrons. The van der Waals surface area contributed by atoms with Crippen molar-refractivity contribution in [3.8, 4) is 0 Å². The fourth-order valence-corrected chi connectivity index (χ4v) is 6.60. The number of halogens is 5. The molecule has 0 spiro atoms. The van der Waals surface area contributed by atoms with Crippen LogP contribution in [0.1, 0.15) is 0 Å². The predicted molar refractivity (Wildman–Crippen MR) is 167 cm³/mol. The van der Waals surface area contributed by atoms with Crippen molar-refractivity contribution in [1.29, 1.82) is 0 Å². The van der Waals surface area contributed by atoms with Gasteiger partial charge >= 0.3 is 50.5 Å². The summed E-state index contributed by atoms with van der Waals surface area (Å²) in [6, 6.07) is 21.2. The number of nitrogens with one attached hydrogen (secondary N) is 1. The monoisotopic (exact) mass is 1010 g/mol. The number of aromatic nitrogens is 2.